The smallest absolute Gasteiger partial charge is 0.309 e. The lowest BCUT2D eigenvalue weighted by atomic mass is 9.85. The van der Waals surface area contributed by atoms with Gasteiger partial charge in [0.05, 0.1) is 5.92 Å². The van der Waals surface area contributed by atoms with Crippen molar-refractivity contribution in [2.45, 2.75) is 25.4 Å². The number of rotatable bonds is 2. The van der Waals surface area contributed by atoms with Crippen LogP contribution in [0.2, 0.25) is 0 Å². The van der Waals surface area contributed by atoms with Gasteiger partial charge >= 0.3 is 5.97 Å². The predicted octanol–water partition coefficient (Wildman–Crippen LogP) is 0.455. The van der Waals surface area contributed by atoms with E-state index in [0.717, 1.165) is 0 Å². The largest absolute Gasteiger partial charge is 0.481 e. The van der Waals surface area contributed by atoms with Gasteiger partial charge in [0.2, 0.25) is 0 Å². The molecule has 1 aliphatic rings. The van der Waals surface area contributed by atoms with Gasteiger partial charge < -0.3 is 9.84 Å². The van der Waals surface area contributed by atoms with E-state index in [1.165, 1.54) is 7.11 Å². The van der Waals surface area contributed by atoms with Crippen molar-refractivity contribution in [3.63, 3.8) is 0 Å². The van der Waals surface area contributed by atoms with Crippen molar-refractivity contribution in [2.75, 3.05) is 7.11 Å². The minimum absolute atomic E-state index is 0.0869. The Kier molecular flexibility index (Phi) is 2.81. The quantitative estimate of drug-likeness (QED) is 0.657. The Bertz CT molecular complexity index is 199. The Hall–Kier alpha value is -0.900. The summed E-state index contributed by atoms with van der Waals surface area (Å²) in [7, 11) is 1.38. The zero-order valence-corrected chi connectivity index (χ0v) is 6.95. The second-order valence-electron chi connectivity index (χ2n) is 2.96. The summed E-state index contributed by atoms with van der Waals surface area (Å²) in [5.41, 5.74) is 0. The third-order valence-corrected chi connectivity index (χ3v) is 2.19. The number of carbonyl (C=O) groups is 2. The number of Topliss-reactive ketones (excluding diaryl/α,β-unsaturated/α-hetero) is 1. The van der Waals surface area contributed by atoms with Gasteiger partial charge in [-0.15, -0.1) is 0 Å². The molecule has 0 saturated heterocycles. The first-order valence-corrected chi connectivity index (χ1v) is 3.95. The lowest BCUT2D eigenvalue weighted by Crippen LogP contribution is -2.39. The van der Waals surface area contributed by atoms with Gasteiger partial charge in [0.1, 0.15) is 6.10 Å². The molecule has 0 radical (unpaired) electrons. The first kappa shape index (κ1) is 9.19. The maximum absolute atomic E-state index is 11.2. The second-order valence-corrected chi connectivity index (χ2v) is 2.96. The molecule has 0 aromatic heterocycles. The molecule has 68 valence electrons. The molecule has 1 N–H and O–H groups in total. The molecule has 0 bridgehead atoms. The van der Waals surface area contributed by atoms with Gasteiger partial charge in [-0.25, -0.2) is 0 Å². The van der Waals surface area contributed by atoms with Crippen LogP contribution in [0, 0.1) is 5.92 Å². The van der Waals surface area contributed by atoms with E-state index in [-0.39, 0.29) is 5.78 Å². The minimum atomic E-state index is -0.935. The summed E-state index contributed by atoms with van der Waals surface area (Å²) in [6.45, 7) is 0. The van der Waals surface area contributed by atoms with Crippen LogP contribution in [-0.2, 0) is 14.3 Å². The highest BCUT2D eigenvalue weighted by Gasteiger charge is 2.36. The number of carbonyl (C=O) groups excluding carboxylic acids is 1. The van der Waals surface area contributed by atoms with Crippen LogP contribution in [0.25, 0.3) is 0 Å². The Balaban J connectivity index is 2.70. The average molecular weight is 172 g/mol. The summed E-state index contributed by atoms with van der Waals surface area (Å²) in [4.78, 5) is 21.8. The van der Waals surface area contributed by atoms with Crippen LogP contribution in [0.1, 0.15) is 19.3 Å². The Labute approximate surface area is 70.5 Å². The fourth-order valence-corrected chi connectivity index (χ4v) is 1.56. The second kappa shape index (κ2) is 3.67. The fourth-order valence-electron chi connectivity index (χ4n) is 1.56. The van der Waals surface area contributed by atoms with E-state index < -0.39 is 18.0 Å². The predicted molar refractivity (Wildman–Crippen MR) is 40.8 cm³/mol. The van der Waals surface area contributed by atoms with Crippen molar-refractivity contribution in [3.05, 3.63) is 0 Å². The van der Waals surface area contributed by atoms with Crippen molar-refractivity contribution < 1.29 is 19.4 Å². The van der Waals surface area contributed by atoms with Crippen LogP contribution in [0.3, 0.4) is 0 Å². The van der Waals surface area contributed by atoms with E-state index in [4.69, 9.17) is 9.84 Å². The molecular weight excluding hydrogens is 160 g/mol. The lowest BCUT2D eigenvalue weighted by Gasteiger charge is -2.25. The normalized spacial score (nSPS) is 30.2. The lowest BCUT2D eigenvalue weighted by molar-refractivity contribution is -0.154. The van der Waals surface area contributed by atoms with Crippen LogP contribution in [0.5, 0.6) is 0 Å². The summed E-state index contributed by atoms with van der Waals surface area (Å²) in [6, 6.07) is 0. The number of carboxylic acid groups (broad SMARTS) is 1. The molecule has 4 nitrogen and oxygen atoms in total. The molecule has 0 aromatic rings. The monoisotopic (exact) mass is 172 g/mol. The molecule has 12 heavy (non-hydrogen) atoms. The van der Waals surface area contributed by atoms with Crippen LogP contribution >= 0.6 is 0 Å². The van der Waals surface area contributed by atoms with Crippen molar-refractivity contribution in [1.29, 1.82) is 0 Å². The number of ketones is 1. The number of methoxy groups -OCH3 is 1. The van der Waals surface area contributed by atoms with Gasteiger partial charge in [0.15, 0.2) is 5.78 Å². The summed E-state index contributed by atoms with van der Waals surface area (Å²) in [5.74, 6) is -1.66. The molecule has 0 aromatic carbocycles. The highest BCUT2D eigenvalue weighted by Crippen LogP contribution is 2.23. The van der Waals surface area contributed by atoms with Crippen molar-refractivity contribution in [2.24, 2.45) is 5.92 Å². The van der Waals surface area contributed by atoms with Gasteiger partial charge in [0, 0.05) is 13.5 Å². The third kappa shape index (κ3) is 1.64. The number of carboxylic acids is 1. The average Bonchev–Trinajstić information content (AvgIpc) is 2.03. The molecule has 1 saturated carbocycles. The minimum Gasteiger partial charge on any atom is -0.481 e. The van der Waals surface area contributed by atoms with Gasteiger partial charge in [-0.1, -0.05) is 0 Å². The molecule has 1 fully saturated rings. The number of aliphatic carboxylic acids is 1. The molecule has 0 aliphatic heterocycles. The maximum Gasteiger partial charge on any atom is 0.309 e. The third-order valence-electron chi connectivity index (χ3n) is 2.19. The van der Waals surface area contributed by atoms with Crippen molar-refractivity contribution in [1.82, 2.24) is 0 Å². The van der Waals surface area contributed by atoms with Crippen LogP contribution in [-0.4, -0.2) is 30.1 Å². The first-order valence-electron chi connectivity index (χ1n) is 3.95. The molecule has 1 aliphatic carbocycles. The van der Waals surface area contributed by atoms with E-state index in [1.54, 1.807) is 0 Å². The first-order chi connectivity index (χ1) is 5.66. The summed E-state index contributed by atoms with van der Waals surface area (Å²) in [5, 5.41) is 8.73. The van der Waals surface area contributed by atoms with Gasteiger partial charge in [-0.05, 0) is 12.8 Å². The molecule has 1 rings (SSSR count). The Morgan fingerprint density at radius 1 is 1.67 bits per heavy atom. The zero-order valence-electron chi connectivity index (χ0n) is 6.95. The van der Waals surface area contributed by atoms with E-state index in [9.17, 15) is 9.59 Å². The summed E-state index contributed by atoms with van der Waals surface area (Å²) < 4.78 is 4.85. The van der Waals surface area contributed by atoms with E-state index >= 15 is 0 Å². The molecule has 0 amide bonds. The SMILES string of the molecule is CO[C@@H]1C(=O)CCC[C@@H]1C(=O)O. The Morgan fingerprint density at radius 2 is 2.33 bits per heavy atom. The zero-order chi connectivity index (χ0) is 9.14. The van der Waals surface area contributed by atoms with Crippen LogP contribution in [0.4, 0.5) is 0 Å². The standard InChI is InChI=1S/C8H12O4/c1-12-7-5(8(10)11)3-2-4-6(7)9/h5,7H,2-4H2,1H3,(H,10,11)/t5-,7-/m0/s1. The Morgan fingerprint density at radius 3 is 2.75 bits per heavy atom. The maximum atomic E-state index is 11.2. The van der Waals surface area contributed by atoms with E-state index in [1.807, 2.05) is 0 Å². The van der Waals surface area contributed by atoms with Crippen LogP contribution < -0.4 is 0 Å². The number of ether oxygens (including phenoxy) is 1. The summed E-state index contributed by atoms with van der Waals surface area (Å²) >= 11 is 0. The van der Waals surface area contributed by atoms with Crippen molar-refractivity contribution >= 4 is 11.8 Å². The topological polar surface area (TPSA) is 63.6 Å². The van der Waals surface area contributed by atoms with Crippen LogP contribution in [0.15, 0.2) is 0 Å². The van der Waals surface area contributed by atoms with Gasteiger partial charge in [-0.3, -0.25) is 9.59 Å². The van der Waals surface area contributed by atoms with E-state index in [2.05, 4.69) is 0 Å². The highest BCUT2D eigenvalue weighted by atomic mass is 16.5. The summed E-state index contributed by atoms with van der Waals surface area (Å²) in [6.07, 6.45) is 0.925. The highest BCUT2D eigenvalue weighted by molar-refractivity contribution is 5.89. The number of hydrogen-bond acceptors (Lipinski definition) is 3. The van der Waals surface area contributed by atoms with E-state index in [0.29, 0.717) is 19.3 Å². The molecule has 2 atom stereocenters. The molecule has 0 heterocycles. The molecule has 0 unspecified atom stereocenters. The van der Waals surface area contributed by atoms with Gasteiger partial charge in [0.25, 0.3) is 0 Å². The fraction of sp³-hybridized carbons (Fsp3) is 0.750. The molecule has 0 spiro atoms. The van der Waals surface area contributed by atoms with Gasteiger partial charge in [-0.2, -0.15) is 0 Å². The molecular formula is C8H12O4. The molecule has 4 heteroatoms. The van der Waals surface area contributed by atoms with Crippen molar-refractivity contribution in [3.8, 4) is 0 Å². The number of hydrogen-bond donors (Lipinski definition) is 1.